The number of halogens is 1. The zero-order valence-corrected chi connectivity index (χ0v) is 12.6. The molecule has 4 nitrogen and oxygen atoms in total. The van der Waals surface area contributed by atoms with E-state index in [-0.39, 0.29) is 0 Å². The van der Waals surface area contributed by atoms with Crippen molar-refractivity contribution < 1.29 is 0 Å². The summed E-state index contributed by atoms with van der Waals surface area (Å²) < 4.78 is 2.81. The van der Waals surface area contributed by atoms with Gasteiger partial charge in [0.1, 0.15) is 0 Å². The summed E-state index contributed by atoms with van der Waals surface area (Å²) in [5.41, 5.74) is 4.10. The lowest BCUT2D eigenvalue weighted by molar-refractivity contribution is 0.829. The van der Waals surface area contributed by atoms with Crippen LogP contribution in [0.1, 0.15) is 0 Å². The largest absolute Gasteiger partial charge is 0.322 e. The van der Waals surface area contributed by atoms with Gasteiger partial charge >= 0.3 is 0 Å². The third-order valence-corrected chi connectivity index (χ3v) is 4.05. The van der Waals surface area contributed by atoms with Crippen molar-refractivity contribution in [2.75, 3.05) is 0 Å². The highest BCUT2D eigenvalue weighted by atomic mass is 79.9. The Balaban J connectivity index is 1.79. The smallest absolute Gasteiger partial charge is 0.229 e. The molecule has 0 saturated heterocycles. The van der Waals surface area contributed by atoms with Gasteiger partial charge in [0.15, 0.2) is 0 Å². The van der Waals surface area contributed by atoms with Crippen LogP contribution in [0.2, 0.25) is 0 Å². The van der Waals surface area contributed by atoms with E-state index < -0.39 is 0 Å². The van der Waals surface area contributed by atoms with Crippen LogP contribution in [0.4, 0.5) is 0 Å². The Morgan fingerprint density at radius 2 is 1.81 bits per heavy atom. The SMILES string of the molecule is Brc1ccccc1-c1cnn(-c2nc3ccccc3[nH]2)c1. The fourth-order valence-electron chi connectivity index (χ4n) is 2.32. The molecular formula is C16H11BrN4. The highest BCUT2D eigenvalue weighted by Gasteiger charge is 2.09. The summed E-state index contributed by atoms with van der Waals surface area (Å²) in [5.74, 6) is 0.717. The quantitative estimate of drug-likeness (QED) is 0.596. The predicted octanol–water partition coefficient (Wildman–Crippen LogP) is 4.18. The number of benzene rings is 2. The van der Waals surface area contributed by atoms with E-state index in [9.17, 15) is 0 Å². The maximum absolute atomic E-state index is 4.55. The summed E-state index contributed by atoms with van der Waals surface area (Å²) >= 11 is 3.57. The third kappa shape index (κ3) is 2.15. The van der Waals surface area contributed by atoms with Crippen LogP contribution in [0.5, 0.6) is 0 Å². The monoisotopic (exact) mass is 338 g/mol. The van der Waals surface area contributed by atoms with Crippen molar-refractivity contribution >= 4 is 27.0 Å². The lowest BCUT2D eigenvalue weighted by atomic mass is 10.1. The Morgan fingerprint density at radius 1 is 1.00 bits per heavy atom. The number of hydrogen-bond acceptors (Lipinski definition) is 2. The number of imidazole rings is 1. The summed E-state index contributed by atoms with van der Waals surface area (Å²) in [6.07, 6.45) is 3.81. The average molecular weight is 339 g/mol. The molecule has 0 spiro atoms. The van der Waals surface area contributed by atoms with Crippen molar-refractivity contribution in [1.82, 2.24) is 19.7 Å². The van der Waals surface area contributed by atoms with Crippen LogP contribution in [0.15, 0.2) is 65.4 Å². The van der Waals surface area contributed by atoms with Gasteiger partial charge in [-0.3, -0.25) is 0 Å². The second-order valence-corrected chi connectivity index (χ2v) is 5.59. The number of aromatic amines is 1. The van der Waals surface area contributed by atoms with Gasteiger partial charge in [-0.05, 0) is 23.8 Å². The molecule has 0 bridgehead atoms. The molecule has 2 aromatic heterocycles. The van der Waals surface area contributed by atoms with Gasteiger partial charge < -0.3 is 4.98 Å². The van der Waals surface area contributed by atoms with Gasteiger partial charge in [-0.1, -0.05) is 46.3 Å². The first kappa shape index (κ1) is 12.3. The molecule has 0 aliphatic carbocycles. The maximum atomic E-state index is 4.55. The molecule has 2 aromatic carbocycles. The fourth-order valence-corrected chi connectivity index (χ4v) is 2.83. The van der Waals surface area contributed by atoms with Gasteiger partial charge in [-0.15, -0.1) is 0 Å². The molecular weight excluding hydrogens is 328 g/mol. The zero-order valence-electron chi connectivity index (χ0n) is 11.0. The van der Waals surface area contributed by atoms with Crippen LogP contribution in [-0.2, 0) is 0 Å². The second-order valence-electron chi connectivity index (χ2n) is 4.73. The minimum absolute atomic E-state index is 0.717. The molecule has 0 amide bonds. The van der Waals surface area contributed by atoms with Crippen molar-refractivity contribution in [2.24, 2.45) is 0 Å². The first-order valence-electron chi connectivity index (χ1n) is 6.56. The van der Waals surface area contributed by atoms with E-state index in [1.54, 1.807) is 4.68 Å². The highest BCUT2D eigenvalue weighted by Crippen LogP contribution is 2.27. The van der Waals surface area contributed by atoms with Gasteiger partial charge in [0.05, 0.1) is 17.2 Å². The Kier molecular flexibility index (Phi) is 2.86. The van der Waals surface area contributed by atoms with Crippen LogP contribution >= 0.6 is 15.9 Å². The first-order valence-corrected chi connectivity index (χ1v) is 7.35. The van der Waals surface area contributed by atoms with Crippen molar-refractivity contribution in [3.63, 3.8) is 0 Å². The number of fused-ring (bicyclic) bond motifs is 1. The van der Waals surface area contributed by atoms with Crippen molar-refractivity contribution in [3.8, 4) is 17.1 Å². The predicted molar refractivity (Wildman–Crippen MR) is 86.4 cm³/mol. The molecule has 0 fully saturated rings. The summed E-state index contributed by atoms with van der Waals surface area (Å²) in [4.78, 5) is 7.81. The van der Waals surface area contributed by atoms with E-state index in [0.29, 0.717) is 0 Å². The molecule has 0 unspecified atom stereocenters. The Bertz CT molecular complexity index is 890. The first-order chi connectivity index (χ1) is 10.3. The number of aromatic nitrogens is 4. The van der Waals surface area contributed by atoms with Crippen molar-refractivity contribution in [3.05, 3.63) is 65.4 Å². The van der Waals surface area contributed by atoms with Gasteiger partial charge in [0, 0.05) is 16.2 Å². The van der Waals surface area contributed by atoms with Crippen molar-refractivity contribution in [2.45, 2.75) is 0 Å². The van der Waals surface area contributed by atoms with E-state index in [0.717, 1.165) is 32.6 Å². The van der Waals surface area contributed by atoms with Crippen LogP contribution in [0, 0.1) is 0 Å². The molecule has 4 aromatic rings. The Morgan fingerprint density at radius 3 is 2.67 bits per heavy atom. The lowest BCUT2D eigenvalue weighted by Crippen LogP contribution is -1.95. The second kappa shape index (κ2) is 4.86. The number of nitrogens with one attached hydrogen (secondary N) is 1. The van der Waals surface area contributed by atoms with Gasteiger partial charge in [0.25, 0.3) is 0 Å². The third-order valence-electron chi connectivity index (χ3n) is 3.36. The number of H-pyrrole nitrogens is 1. The standard InChI is InChI=1S/C16H11BrN4/c17-13-6-2-1-5-12(13)11-9-18-21(10-11)16-19-14-7-3-4-8-15(14)20-16/h1-10H,(H,19,20). The minimum Gasteiger partial charge on any atom is -0.322 e. The molecule has 5 heteroatoms. The van der Waals surface area contributed by atoms with Crippen LogP contribution in [0.3, 0.4) is 0 Å². The van der Waals surface area contributed by atoms with E-state index in [2.05, 4.69) is 37.1 Å². The zero-order chi connectivity index (χ0) is 14.2. The summed E-state index contributed by atoms with van der Waals surface area (Å²) in [6.45, 7) is 0. The van der Waals surface area contributed by atoms with Gasteiger partial charge in [0.2, 0.25) is 5.95 Å². The van der Waals surface area contributed by atoms with E-state index in [1.807, 2.05) is 54.9 Å². The summed E-state index contributed by atoms with van der Waals surface area (Å²) in [5, 5.41) is 4.40. The number of nitrogens with zero attached hydrogens (tertiary/aromatic N) is 3. The molecule has 102 valence electrons. The lowest BCUT2D eigenvalue weighted by Gasteiger charge is -1.99. The molecule has 2 heterocycles. The van der Waals surface area contributed by atoms with Crippen LogP contribution < -0.4 is 0 Å². The van der Waals surface area contributed by atoms with Crippen LogP contribution in [-0.4, -0.2) is 19.7 Å². The molecule has 0 atom stereocenters. The van der Waals surface area contributed by atoms with Crippen molar-refractivity contribution in [1.29, 1.82) is 0 Å². The highest BCUT2D eigenvalue weighted by molar-refractivity contribution is 9.10. The molecule has 21 heavy (non-hydrogen) atoms. The van der Waals surface area contributed by atoms with E-state index in [4.69, 9.17) is 0 Å². The van der Waals surface area contributed by atoms with E-state index in [1.165, 1.54) is 0 Å². The van der Waals surface area contributed by atoms with Gasteiger partial charge in [-0.25, -0.2) is 9.67 Å². The fraction of sp³-hybridized carbons (Fsp3) is 0. The molecule has 0 radical (unpaired) electrons. The summed E-state index contributed by atoms with van der Waals surface area (Å²) in [7, 11) is 0. The number of hydrogen-bond donors (Lipinski definition) is 1. The number of para-hydroxylation sites is 2. The molecule has 0 aliphatic rings. The average Bonchev–Trinajstić information content (AvgIpc) is 3.14. The Labute approximate surface area is 129 Å². The van der Waals surface area contributed by atoms with Crippen LogP contribution in [0.25, 0.3) is 28.1 Å². The topological polar surface area (TPSA) is 46.5 Å². The maximum Gasteiger partial charge on any atom is 0.229 e. The normalized spacial score (nSPS) is 11.1. The molecule has 0 saturated carbocycles. The van der Waals surface area contributed by atoms with Gasteiger partial charge in [-0.2, -0.15) is 5.10 Å². The molecule has 0 aliphatic heterocycles. The van der Waals surface area contributed by atoms with E-state index >= 15 is 0 Å². The molecule has 1 N–H and O–H groups in total. The minimum atomic E-state index is 0.717. The molecule has 4 rings (SSSR count). The number of rotatable bonds is 2. The summed E-state index contributed by atoms with van der Waals surface area (Å²) in [6, 6.07) is 16.0. The Hall–Kier alpha value is -2.40.